The maximum absolute atomic E-state index is 14.6. The lowest BCUT2D eigenvalue weighted by Crippen LogP contribution is -2.44. The van der Waals surface area contributed by atoms with Gasteiger partial charge in [0.25, 0.3) is 11.8 Å². The number of nitriles is 1. The van der Waals surface area contributed by atoms with Crippen molar-refractivity contribution >= 4 is 40.5 Å². The second kappa shape index (κ2) is 7.87. The largest absolute Gasteiger partial charge is 0.417 e. The maximum Gasteiger partial charge on any atom is 0.417 e. The van der Waals surface area contributed by atoms with Crippen LogP contribution in [0.25, 0.3) is 0 Å². The number of halogens is 4. The number of hydrogen-bond acceptors (Lipinski definition) is 4. The van der Waals surface area contributed by atoms with Crippen molar-refractivity contribution in [2.45, 2.75) is 25.6 Å². The number of amides is 2. The van der Waals surface area contributed by atoms with Crippen LogP contribution in [0.2, 0.25) is 0 Å². The molecule has 1 aliphatic heterocycles. The molecule has 11 heteroatoms. The summed E-state index contributed by atoms with van der Waals surface area (Å²) in [4.78, 5) is 27.2. The molecule has 32 heavy (non-hydrogen) atoms. The molecular formula is C21H16F4N4O2S. The zero-order valence-electron chi connectivity index (χ0n) is 17.7. The molecule has 166 valence electrons. The summed E-state index contributed by atoms with van der Waals surface area (Å²) in [5.74, 6) is -2.39. The van der Waals surface area contributed by atoms with Crippen molar-refractivity contribution in [3.05, 3.63) is 58.9 Å². The van der Waals surface area contributed by atoms with Crippen LogP contribution in [0.1, 0.15) is 36.7 Å². The van der Waals surface area contributed by atoms with E-state index in [-0.39, 0.29) is 22.1 Å². The third-order valence-corrected chi connectivity index (χ3v) is 5.34. The van der Waals surface area contributed by atoms with Gasteiger partial charge in [-0.3, -0.25) is 14.5 Å². The zero-order chi connectivity index (χ0) is 24.7. The van der Waals surface area contributed by atoms with E-state index in [1.54, 1.807) is 0 Å². The van der Waals surface area contributed by atoms with Crippen molar-refractivity contribution in [3.63, 3.8) is 0 Å². The number of alkyl halides is 3. The normalized spacial score (nSPS) is 16.1. The van der Waals surface area contributed by atoms with Crippen LogP contribution >= 0.6 is 12.2 Å². The van der Waals surface area contributed by atoms with Gasteiger partial charge in [0.15, 0.2) is 5.11 Å². The lowest BCUT2D eigenvalue weighted by atomic mass is 10.0. The monoisotopic (exact) mass is 465 g/mol. The second-order valence-corrected chi connectivity index (χ2v) is 7.69. The van der Waals surface area contributed by atoms with Gasteiger partial charge in [0, 0.05) is 14.1 Å². The first-order chi connectivity index (χ1) is 15.3. The summed E-state index contributed by atoms with van der Waals surface area (Å²) in [6, 6.07) is 7.73. The van der Waals surface area contributed by atoms with Crippen molar-refractivity contribution < 1.29 is 28.5 Å². The summed E-state index contributed by atoms with van der Waals surface area (Å²) in [5, 5.41) is 10.9. The number of carbonyl (C=O) groups is 2. The number of carbonyl (C=O) groups excluding carboxylic acids is 2. The fourth-order valence-corrected chi connectivity index (χ4v) is 3.90. The fourth-order valence-electron chi connectivity index (χ4n) is 3.38. The standard InChI is InChI=1S/C21H16F4N4O2S/c1-20(2)18(31)28(12-5-4-11(10-26)15(8-12)21(23,24)25)19(32)29(20)13-6-7-14(16(22)9-13)17(30)27-3/h4-9H,1-3H3,(H,27,30)/i3D. The van der Waals surface area contributed by atoms with E-state index in [1.807, 2.05) is 0 Å². The summed E-state index contributed by atoms with van der Waals surface area (Å²) in [5.41, 5.74) is -3.64. The van der Waals surface area contributed by atoms with Crippen LogP contribution in [0.3, 0.4) is 0 Å². The summed E-state index contributed by atoms with van der Waals surface area (Å²) >= 11 is 5.38. The molecule has 0 radical (unpaired) electrons. The SMILES string of the molecule is [2H]CNC(=O)c1ccc(N2C(=S)N(c3ccc(C#N)c(C(F)(F)F)c3)C(=O)C2(C)C)cc1F. The Hall–Kier alpha value is -3.52. The molecule has 0 aromatic heterocycles. The van der Waals surface area contributed by atoms with Gasteiger partial charge in [0.05, 0.1) is 28.4 Å². The van der Waals surface area contributed by atoms with E-state index in [1.165, 1.54) is 36.9 Å². The molecule has 1 aliphatic rings. The molecule has 1 saturated heterocycles. The zero-order valence-corrected chi connectivity index (χ0v) is 17.6. The number of rotatable bonds is 3. The first-order valence-corrected chi connectivity index (χ1v) is 9.42. The Balaban J connectivity index is 2.07. The average molecular weight is 465 g/mol. The van der Waals surface area contributed by atoms with E-state index in [0.717, 1.165) is 23.1 Å². The Labute approximate surface area is 187 Å². The van der Waals surface area contributed by atoms with Gasteiger partial charge in [0.1, 0.15) is 11.4 Å². The predicted molar refractivity (Wildman–Crippen MR) is 113 cm³/mol. The van der Waals surface area contributed by atoms with Crippen molar-refractivity contribution in [1.29, 1.82) is 5.26 Å². The van der Waals surface area contributed by atoms with Gasteiger partial charge in [-0.15, -0.1) is 0 Å². The highest BCUT2D eigenvalue weighted by molar-refractivity contribution is 7.81. The summed E-state index contributed by atoms with van der Waals surface area (Å²) in [6.45, 7) is 2.93. The molecule has 0 saturated carbocycles. The van der Waals surface area contributed by atoms with Crippen LogP contribution in [0.4, 0.5) is 28.9 Å². The molecule has 3 rings (SSSR count). The molecule has 0 aliphatic carbocycles. The van der Waals surface area contributed by atoms with Crippen molar-refractivity contribution in [1.82, 2.24) is 5.32 Å². The molecule has 2 aromatic carbocycles. The Morgan fingerprint density at radius 2 is 1.88 bits per heavy atom. The second-order valence-electron chi connectivity index (χ2n) is 7.33. The van der Waals surface area contributed by atoms with Crippen LogP contribution in [-0.2, 0) is 11.0 Å². The minimum Gasteiger partial charge on any atom is -0.355 e. The van der Waals surface area contributed by atoms with Crippen LogP contribution in [0.5, 0.6) is 0 Å². The number of hydrogen-bond donors (Lipinski definition) is 1. The molecule has 1 heterocycles. The first-order valence-electron chi connectivity index (χ1n) is 9.72. The lowest BCUT2D eigenvalue weighted by molar-refractivity contribution is -0.137. The third-order valence-electron chi connectivity index (χ3n) is 4.97. The molecule has 1 N–H and O–H groups in total. The Morgan fingerprint density at radius 3 is 2.44 bits per heavy atom. The third kappa shape index (κ3) is 3.67. The van der Waals surface area contributed by atoms with Gasteiger partial charge in [-0.1, -0.05) is 0 Å². The van der Waals surface area contributed by atoms with Crippen molar-refractivity contribution in [2.24, 2.45) is 0 Å². The molecule has 1 fully saturated rings. The quantitative estimate of drug-likeness (QED) is 0.548. The molecule has 0 atom stereocenters. The summed E-state index contributed by atoms with van der Waals surface area (Å²) < 4.78 is 61.8. The lowest BCUT2D eigenvalue weighted by Gasteiger charge is -2.29. The van der Waals surface area contributed by atoms with E-state index in [9.17, 15) is 27.2 Å². The first kappa shape index (κ1) is 21.7. The smallest absolute Gasteiger partial charge is 0.355 e. The van der Waals surface area contributed by atoms with Gasteiger partial charge in [0.2, 0.25) is 0 Å². The number of anilines is 2. The van der Waals surface area contributed by atoms with Gasteiger partial charge in [-0.25, -0.2) is 4.39 Å². The van der Waals surface area contributed by atoms with Gasteiger partial charge in [-0.2, -0.15) is 18.4 Å². The highest BCUT2D eigenvalue weighted by Gasteiger charge is 2.50. The van der Waals surface area contributed by atoms with Crippen LogP contribution in [0, 0.1) is 17.1 Å². The van der Waals surface area contributed by atoms with Crippen LogP contribution in [-0.4, -0.2) is 29.5 Å². The van der Waals surface area contributed by atoms with E-state index < -0.39 is 47.5 Å². The highest BCUT2D eigenvalue weighted by Crippen LogP contribution is 2.39. The molecule has 0 bridgehead atoms. The summed E-state index contributed by atoms with van der Waals surface area (Å²) in [6.07, 6.45) is -4.83. The topological polar surface area (TPSA) is 76.4 Å². The number of nitrogens with zero attached hydrogens (tertiary/aromatic N) is 3. The predicted octanol–water partition coefficient (Wildman–Crippen LogP) is 3.99. The Morgan fingerprint density at radius 1 is 1.22 bits per heavy atom. The maximum atomic E-state index is 14.6. The summed E-state index contributed by atoms with van der Waals surface area (Å²) in [7, 11) is -0.447. The molecular weight excluding hydrogens is 448 g/mol. The van der Waals surface area contributed by atoms with Gasteiger partial charge in [-0.05, 0) is 62.5 Å². The fraction of sp³-hybridized carbons (Fsp3) is 0.238. The van der Waals surface area contributed by atoms with Gasteiger partial charge >= 0.3 is 6.18 Å². The molecule has 0 spiro atoms. The van der Waals surface area contributed by atoms with E-state index in [4.69, 9.17) is 18.9 Å². The van der Waals surface area contributed by atoms with E-state index >= 15 is 0 Å². The average Bonchev–Trinajstić information content (AvgIpc) is 2.90. The number of thiocarbonyl (C=S) groups is 1. The Kier molecular flexibility index (Phi) is 5.34. The number of benzene rings is 2. The van der Waals surface area contributed by atoms with E-state index in [0.29, 0.717) is 6.07 Å². The molecule has 6 nitrogen and oxygen atoms in total. The van der Waals surface area contributed by atoms with Crippen LogP contribution < -0.4 is 15.1 Å². The number of nitrogens with one attached hydrogen (secondary N) is 1. The molecule has 0 unspecified atom stereocenters. The minimum absolute atomic E-state index is 0.102. The van der Waals surface area contributed by atoms with Crippen molar-refractivity contribution in [2.75, 3.05) is 16.8 Å². The van der Waals surface area contributed by atoms with Crippen molar-refractivity contribution in [3.8, 4) is 6.07 Å². The minimum atomic E-state index is -4.83. The van der Waals surface area contributed by atoms with Gasteiger partial charge < -0.3 is 10.2 Å². The van der Waals surface area contributed by atoms with Crippen LogP contribution in [0.15, 0.2) is 36.4 Å². The highest BCUT2D eigenvalue weighted by atomic mass is 32.1. The van der Waals surface area contributed by atoms with E-state index in [2.05, 4.69) is 5.32 Å². The Bertz CT molecular complexity index is 1210. The molecule has 2 amide bonds. The molecule has 2 aromatic rings.